The molecule has 0 atom stereocenters. The summed E-state index contributed by atoms with van der Waals surface area (Å²) in [5.41, 5.74) is 0. The highest BCUT2D eigenvalue weighted by molar-refractivity contribution is 5.76. The molecule has 1 heterocycles. The number of unbranched alkanes of at least 4 members (excludes halogenated alkanes) is 14. The van der Waals surface area contributed by atoms with Crippen molar-refractivity contribution in [2.24, 2.45) is 0 Å². The van der Waals surface area contributed by atoms with Gasteiger partial charge in [-0.15, -0.1) is 0 Å². The molecule has 0 aromatic carbocycles. The maximum absolute atomic E-state index is 12.2. The molecule has 1 aliphatic heterocycles. The van der Waals surface area contributed by atoms with Gasteiger partial charge in [0, 0.05) is 26.1 Å². The largest absolute Gasteiger partial charge is 0.396 e. The first-order chi connectivity index (χ1) is 13.3. The van der Waals surface area contributed by atoms with Gasteiger partial charge in [-0.1, -0.05) is 96.3 Å². The summed E-state index contributed by atoms with van der Waals surface area (Å²) >= 11 is 0. The minimum absolute atomic E-state index is 0.358. The van der Waals surface area contributed by atoms with Crippen molar-refractivity contribution in [3.63, 3.8) is 0 Å². The maximum atomic E-state index is 12.2. The quantitative estimate of drug-likeness (QED) is 0.287. The number of hydrogen-bond donors (Lipinski definition) is 1. The summed E-state index contributed by atoms with van der Waals surface area (Å²) < 4.78 is 0. The average molecular weight is 382 g/mol. The Labute approximate surface area is 169 Å². The number of amides is 1. The molecule has 27 heavy (non-hydrogen) atoms. The van der Waals surface area contributed by atoms with Crippen molar-refractivity contribution in [3.8, 4) is 0 Å². The van der Waals surface area contributed by atoms with E-state index in [0.717, 1.165) is 32.4 Å². The number of hydrogen-bond acceptors (Lipinski definition) is 2. The Morgan fingerprint density at radius 3 is 1.33 bits per heavy atom. The minimum Gasteiger partial charge on any atom is -0.396 e. The number of rotatable bonds is 17. The molecule has 1 N–H and O–H groups in total. The number of likely N-dealkylation sites (tertiary alicyclic amines) is 1. The Hall–Kier alpha value is -0.570. The zero-order valence-electron chi connectivity index (χ0n) is 18.1. The molecule has 1 saturated heterocycles. The van der Waals surface area contributed by atoms with Crippen LogP contribution in [0.2, 0.25) is 0 Å². The predicted molar refractivity (Wildman–Crippen MR) is 116 cm³/mol. The van der Waals surface area contributed by atoms with Gasteiger partial charge < -0.3 is 10.0 Å². The number of aliphatic hydroxyl groups excluding tert-OH is 1. The molecule has 1 fully saturated rings. The van der Waals surface area contributed by atoms with Crippen molar-refractivity contribution in [1.82, 2.24) is 4.90 Å². The molecule has 0 unspecified atom stereocenters. The maximum Gasteiger partial charge on any atom is 0.222 e. The summed E-state index contributed by atoms with van der Waals surface area (Å²) in [6.07, 6.45) is 25.3. The number of aliphatic hydroxyl groups is 1. The average Bonchev–Trinajstić information content (AvgIpc) is 2.97. The van der Waals surface area contributed by atoms with Crippen molar-refractivity contribution in [2.45, 2.75) is 128 Å². The molecule has 3 heteroatoms. The first-order valence-electron chi connectivity index (χ1n) is 12.2. The van der Waals surface area contributed by atoms with E-state index in [4.69, 9.17) is 5.11 Å². The van der Waals surface area contributed by atoms with Gasteiger partial charge in [0.15, 0.2) is 0 Å². The van der Waals surface area contributed by atoms with Gasteiger partial charge in [0.25, 0.3) is 0 Å². The molecule has 1 rings (SSSR count). The number of carbonyl (C=O) groups is 1. The third kappa shape index (κ3) is 15.1. The minimum atomic E-state index is 0.358. The summed E-state index contributed by atoms with van der Waals surface area (Å²) in [6.45, 7) is 2.36. The second-order valence-corrected chi connectivity index (χ2v) is 8.57. The third-order valence-electron chi connectivity index (χ3n) is 6.01. The fourth-order valence-corrected chi connectivity index (χ4v) is 4.16. The van der Waals surface area contributed by atoms with Crippen molar-refractivity contribution in [2.75, 3.05) is 19.7 Å². The van der Waals surface area contributed by atoms with Gasteiger partial charge in [-0.25, -0.2) is 0 Å². The van der Waals surface area contributed by atoms with Gasteiger partial charge in [-0.2, -0.15) is 0 Å². The van der Waals surface area contributed by atoms with Crippen LogP contribution in [0, 0.1) is 0 Å². The van der Waals surface area contributed by atoms with E-state index in [1.165, 1.54) is 109 Å². The number of nitrogens with zero attached hydrogens (tertiary/aromatic N) is 1. The molecular weight excluding hydrogens is 334 g/mol. The Morgan fingerprint density at radius 1 is 0.556 bits per heavy atom. The second kappa shape index (κ2) is 18.8. The van der Waals surface area contributed by atoms with Crippen LogP contribution < -0.4 is 0 Å². The molecule has 0 spiro atoms. The molecule has 1 amide bonds. The Bertz CT molecular complexity index is 324. The lowest BCUT2D eigenvalue weighted by Gasteiger charge is -2.20. The lowest BCUT2D eigenvalue weighted by atomic mass is 10.0. The highest BCUT2D eigenvalue weighted by Gasteiger charge is 2.14. The predicted octanol–water partition coefficient (Wildman–Crippen LogP) is 6.62. The van der Waals surface area contributed by atoms with Gasteiger partial charge in [-0.05, 0) is 25.7 Å². The van der Waals surface area contributed by atoms with Crippen molar-refractivity contribution in [3.05, 3.63) is 0 Å². The summed E-state index contributed by atoms with van der Waals surface area (Å²) in [4.78, 5) is 14.3. The van der Waals surface area contributed by atoms with Crippen molar-refractivity contribution in [1.29, 1.82) is 0 Å². The molecule has 3 nitrogen and oxygen atoms in total. The first-order valence-corrected chi connectivity index (χ1v) is 12.2. The lowest BCUT2D eigenvalue weighted by molar-refractivity contribution is -0.131. The normalized spacial score (nSPS) is 15.1. The Kier molecular flexibility index (Phi) is 17.0. The third-order valence-corrected chi connectivity index (χ3v) is 6.01. The molecule has 0 aromatic heterocycles. The van der Waals surface area contributed by atoms with E-state index >= 15 is 0 Å². The van der Waals surface area contributed by atoms with Crippen LogP contribution in [0.15, 0.2) is 0 Å². The van der Waals surface area contributed by atoms with E-state index in [2.05, 4.69) is 4.90 Å². The zero-order chi connectivity index (χ0) is 19.4. The molecule has 0 radical (unpaired) electrons. The van der Waals surface area contributed by atoms with E-state index < -0.39 is 0 Å². The van der Waals surface area contributed by atoms with Crippen molar-refractivity contribution < 1.29 is 9.90 Å². The second-order valence-electron chi connectivity index (χ2n) is 8.57. The summed E-state index contributed by atoms with van der Waals surface area (Å²) in [7, 11) is 0. The molecule has 0 aromatic rings. The van der Waals surface area contributed by atoms with Gasteiger partial charge in [0.1, 0.15) is 0 Å². The topological polar surface area (TPSA) is 40.5 Å². The summed E-state index contributed by atoms with van der Waals surface area (Å²) in [5.74, 6) is 0.408. The Balaban J connectivity index is 1.76. The number of carbonyl (C=O) groups excluding carboxylic acids is 1. The monoisotopic (exact) mass is 381 g/mol. The van der Waals surface area contributed by atoms with Crippen LogP contribution in [0.3, 0.4) is 0 Å². The molecule has 0 aliphatic carbocycles. The standard InChI is InChI=1S/C24H47NO2/c26-23-19-15-11-9-7-5-3-1-2-4-6-8-10-12-16-20-24(27)25-21-17-13-14-18-22-25/h26H,1-23H2. The summed E-state index contributed by atoms with van der Waals surface area (Å²) in [5, 5.41) is 8.73. The van der Waals surface area contributed by atoms with E-state index in [0.29, 0.717) is 12.5 Å². The first kappa shape index (κ1) is 24.5. The van der Waals surface area contributed by atoms with Crippen LogP contribution in [-0.4, -0.2) is 35.6 Å². The SMILES string of the molecule is O=C(CCCCCCCCCCCCCCCCCO)N1CCCCCC1. The van der Waals surface area contributed by atoms with Gasteiger partial charge in [-0.3, -0.25) is 4.79 Å². The highest BCUT2D eigenvalue weighted by atomic mass is 16.2. The van der Waals surface area contributed by atoms with Crippen LogP contribution >= 0.6 is 0 Å². The van der Waals surface area contributed by atoms with Crippen LogP contribution in [0.4, 0.5) is 0 Å². The lowest BCUT2D eigenvalue weighted by Crippen LogP contribution is -2.31. The molecule has 0 bridgehead atoms. The zero-order valence-corrected chi connectivity index (χ0v) is 18.1. The van der Waals surface area contributed by atoms with E-state index in [9.17, 15) is 4.79 Å². The van der Waals surface area contributed by atoms with Crippen LogP contribution in [0.5, 0.6) is 0 Å². The van der Waals surface area contributed by atoms with Crippen LogP contribution in [0.1, 0.15) is 128 Å². The smallest absolute Gasteiger partial charge is 0.222 e. The van der Waals surface area contributed by atoms with Crippen LogP contribution in [0.25, 0.3) is 0 Å². The molecular formula is C24H47NO2. The van der Waals surface area contributed by atoms with Gasteiger partial charge >= 0.3 is 0 Å². The van der Waals surface area contributed by atoms with Gasteiger partial charge in [0.2, 0.25) is 5.91 Å². The fourth-order valence-electron chi connectivity index (χ4n) is 4.16. The molecule has 1 aliphatic rings. The van der Waals surface area contributed by atoms with E-state index in [-0.39, 0.29) is 0 Å². The van der Waals surface area contributed by atoms with Crippen LogP contribution in [-0.2, 0) is 4.79 Å². The van der Waals surface area contributed by atoms with E-state index in [1.807, 2.05) is 0 Å². The van der Waals surface area contributed by atoms with E-state index in [1.54, 1.807) is 0 Å². The molecule has 0 saturated carbocycles. The molecule has 160 valence electrons. The summed E-state index contributed by atoms with van der Waals surface area (Å²) in [6, 6.07) is 0. The van der Waals surface area contributed by atoms with Gasteiger partial charge in [0.05, 0.1) is 0 Å². The fraction of sp³-hybridized carbons (Fsp3) is 0.958. The van der Waals surface area contributed by atoms with Crippen molar-refractivity contribution >= 4 is 5.91 Å². The highest BCUT2D eigenvalue weighted by Crippen LogP contribution is 2.15. The Morgan fingerprint density at radius 2 is 0.926 bits per heavy atom.